The molecule has 2 N–H and O–H groups in total. The van der Waals surface area contributed by atoms with Gasteiger partial charge in [-0.05, 0) is 63.5 Å². The Morgan fingerprint density at radius 2 is 1.43 bits per heavy atom. The second-order valence-electron chi connectivity index (χ2n) is 13.2. The molecule has 0 fully saturated rings. The first kappa shape index (κ1) is 39.0. The topological polar surface area (TPSA) is 137 Å². The lowest BCUT2D eigenvalue weighted by atomic mass is 9.89. The summed E-state index contributed by atoms with van der Waals surface area (Å²) >= 11 is 0. The van der Waals surface area contributed by atoms with Crippen LogP contribution >= 0.6 is 0 Å². The number of benzene rings is 2. The number of Topliss-reactive ketones (excluding diaryl/α,β-unsaturated/α-hetero) is 1. The third-order valence-corrected chi connectivity index (χ3v) is 7.39. The molecule has 0 heterocycles. The lowest BCUT2D eigenvalue weighted by molar-refractivity contribution is -0.149. The summed E-state index contributed by atoms with van der Waals surface area (Å²) in [7, 11) is 1.28. The summed E-state index contributed by atoms with van der Waals surface area (Å²) in [6.45, 7) is 9.70. The van der Waals surface area contributed by atoms with Crippen molar-refractivity contribution in [2.24, 2.45) is 17.8 Å². The summed E-state index contributed by atoms with van der Waals surface area (Å²) in [4.78, 5) is 64.7. The fraction of sp³-hybridized carbons (Fsp3) is 0.541. The maximum Gasteiger partial charge on any atom is 0.407 e. The van der Waals surface area contributed by atoms with Gasteiger partial charge in [-0.15, -0.1) is 0 Å². The van der Waals surface area contributed by atoms with Crippen molar-refractivity contribution in [2.75, 3.05) is 13.7 Å². The number of alkyl carbamates (subject to hydrolysis) is 1. The number of unbranched alkanes of at least 4 members (excludes halogenated alkanes) is 1. The second kappa shape index (κ2) is 20.1. The van der Waals surface area contributed by atoms with Gasteiger partial charge in [-0.25, -0.2) is 4.79 Å². The van der Waals surface area contributed by atoms with Crippen molar-refractivity contribution in [3.05, 3.63) is 71.8 Å². The zero-order valence-corrected chi connectivity index (χ0v) is 28.7. The van der Waals surface area contributed by atoms with E-state index in [2.05, 4.69) is 10.6 Å². The van der Waals surface area contributed by atoms with Crippen molar-refractivity contribution < 1.29 is 38.2 Å². The summed E-state index contributed by atoms with van der Waals surface area (Å²) in [5, 5.41) is 5.60. The summed E-state index contributed by atoms with van der Waals surface area (Å²) < 4.78 is 15.7. The Kier molecular flexibility index (Phi) is 16.7. The molecule has 10 heteroatoms. The lowest BCUT2D eigenvalue weighted by Crippen LogP contribution is -2.46. The monoisotopic (exact) mass is 652 g/mol. The summed E-state index contributed by atoms with van der Waals surface area (Å²) in [5.74, 6) is -3.11. The Bertz CT molecular complexity index is 1270. The van der Waals surface area contributed by atoms with E-state index in [1.54, 1.807) is 20.8 Å². The molecular weight excluding hydrogens is 600 g/mol. The fourth-order valence-corrected chi connectivity index (χ4v) is 5.06. The Morgan fingerprint density at radius 1 is 0.809 bits per heavy atom. The molecule has 2 rings (SSSR count). The molecule has 47 heavy (non-hydrogen) atoms. The van der Waals surface area contributed by atoms with Crippen LogP contribution in [0.2, 0.25) is 0 Å². The highest BCUT2D eigenvalue weighted by Gasteiger charge is 2.31. The molecule has 3 atom stereocenters. The molecule has 2 aromatic rings. The van der Waals surface area contributed by atoms with Gasteiger partial charge in [0.2, 0.25) is 5.91 Å². The minimum absolute atomic E-state index is 0.0724. The smallest absolute Gasteiger partial charge is 0.407 e. The van der Waals surface area contributed by atoms with E-state index in [9.17, 15) is 24.0 Å². The zero-order chi connectivity index (χ0) is 34.8. The first-order valence-electron chi connectivity index (χ1n) is 16.4. The summed E-state index contributed by atoms with van der Waals surface area (Å²) in [6.07, 6.45) is 1.40. The van der Waals surface area contributed by atoms with Crippen molar-refractivity contribution in [1.82, 2.24) is 10.6 Å². The molecule has 0 unspecified atom stereocenters. The first-order valence-corrected chi connectivity index (χ1v) is 16.4. The number of methoxy groups -OCH3 is 1. The molecule has 0 aliphatic rings. The van der Waals surface area contributed by atoms with Gasteiger partial charge in [-0.1, -0.05) is 80.9 Å². The average Bonchev–Trinajstić information content (AvgIpc) is 3.01. The molecule has 0 spiro atoms. The highest BCUT2D eigenvalue weighted by Crippen LogP contribution is 2.20. The van der Waals surface area contributed by atoms with Gasteiger partial charge in [0.05, 0.1) is 31.4 Å². The molecule has 2 aromatic carbocycles. The minimum atomic E-state index is -0.845. The fourth-order valence-electron chi connectivity index (χ4n) is 5.06. The SMILES string of the molecule is COC(=O)[C@@H](CCCCNC(=O)OC(C)(C)C)CC(=O)[C@@H](CC(C)C)NC(=O)[C@H](CC(=O)OCc1ccccc1)Cc1ccccc1. The molecule has 258 valence electrons. The second-order valence-corrected chi connectivity index (χ2v) is 13.2. The van der Waals surface area contributed by atoms with Crippen molar-refractivity contribution in [2.45, 2.75) is 97.8 Å². The molecule has 0 aliphatic heterocycles. The van der Waals surface area contributed by atoms with Crippen LogP contribution in [-0.4, -0.2) is 55.0 Å². The summed E-state index contributed by atoms with van der Waals surface area (Å²) in [6, 6.07) is 17.8. The molecule has 0 aliphatic carbocycles. The largest absolute Gasteiger partial charge is 0.469 e. The molecule has 10 nitrogen and oxygen atoms in total. The quantitative estimate of drug-likeness (QED) is 0.108. The summed E-state index contributed by atoms with van der Waals surface area (Å²) in [5.41, 5.74) is 1.12. The number of nitrogens with one attached hydrogen (secondary N) is 2. The molecular formula is C37H52N2O8. The number of ether oxygens (including phenoxy) is 3. The Labute approximate surface area is 279 Å². The van der Waals surface area contributed by atoms with E-state index >= 15 is 0 Å². The van der Waals surface area contributed by atoms with E-state index in [0.29, 0.717) is 32.2 Å². The van der Waals surface area contributed by atoms with Crippen molar-refractivity contribution in [3.63, 3.8) is 0 Å². The molecule has 0 saturated carbocycles. The maximum absolute atomic E-state index is 13.7. The number of amides is 2. The van der Waals surface area contributed by atoms with E-state index < -0.39 is 47.4 Å². The number of esters is 2. The Hall–Kier alpha value is -4.21. The minimum Gasteiger partial charge on any atom is -0.469 e. The van der Waals surface area contributed by atoms with Gasteiger partial charge in [-0.3, -0.25) is 19.2 Å². The zero-order valence-electron chi connectivity index (χ0n) is 28.7. The standard InChI is InChI=1S/C37H52N2O8/c1-26(2)21-31(32(40)23-29(35(43)45-6)19-13-14-20-38-36(44)47-37(3,4)5)39-34(42)30(22-27-15-9-7-10-16-27)24-33(41)46-25-28-17-11-8-12-18-28/h7-12,15-18,26,29-31H,13-14,19-25H2,1-6H3,(H,38,44)(H,39,42)/t29-,30-,31+/m0/s1. The molecule has 0 bridgehead atoms. The molecule has 0 aromatic heterocycles. The van der Waals surface area contributed by atoms with Crippen molar-refractivity contribution in [1.29, 1.82) is 0 Å². The highest BCUT2D eigenvalue weighted by atomic mass is 16.6. The molecule has 0 saturated heterocycles. The first-order chi connectivity index (χ1) is 22.3. The van der Waals surface area contributed by atoms with E-state index in [1.165, 1.54) is 7.11 Å². The third-order valence-electron chi connectivity index (χ3n) is 7.39. The Balaban J connectivity index is 2.07. The number of ketones is 1. The van der Waals surface area contributed by atoms with E-state index in [4.69, 9.17) is 14.2 Å². The van der Waals surface area contributed by atoms with Crippen LogP contribution in [0.1, 0.15) is 84.3 Å². The van der Waals surface area contributed by atoms with E-state index in [0.717, 1.165) is 11.1 Å². The van der Waals surface area contributed by atoms with Crippen LogP contribution < -0.4 is 10.6 Å². The third kappa shape index (κ3) is 16.3. The normalized spacial score (nSPS) is 13.2. The van der Waals surface area contributed by atoms with Crippen LogP contribution in [0.25, 0.3) is 0 Å². The predicted octanol–water partition coefficient (Wildman–Crippen LogP) is 5.95. The van der Waals surface area contributed by atoms with E-state index in [-0.39, 0.29) is 37.6 Å². The number of carbonyl (C=O) groups excluding carboxylic acids is 5. The molecule has 0 radical (unpaired) electrons. The number of hydrogen-bond donors (Lipinski definition) is 2. The van der Waals surface area contributed by atoms with Gasteiger partial charge < -0.3 is 24.8 Å². The van der Waals surface area contributed by atoms with Crippen LogP contribution in [0.3, 0.4) is 0 Å². The van der Waals surface area contributed by atoms with Crippen LogP contribution in [0, 0.1) is 17.8 Å². The Morgan fingerprint density at radius 3 is 2.00 bits per heavy atom. The van der Waals surface area contributed by atoms with Crippen LogP contribution in [0.4, 0.5) is 4.79 Å². The highest BCUT2D eigenvalue weighted by molar-refractivity contribution is 5.93. The maximum atomic E-state index is 13.7. The van der Waals surface area contributed by atoms with Gasteiger partial charge in [0.1, 0.15) is 12.2 Å². The van der Waals surface area contributed by atoms with Gasteiger partial charge in [-0.2, -0.15) is 0 Å². The van der Waals surface area contributed by atoms with Crippen LogP contribution in [-0.2, 0) is 46.4 Å². The molecule has 2 amide bonds. The van der Waals surface area contributed by atoms with Crippen LogP contribution in [0.15, 0.2) is 60.7 Å². The van der Waals surface area contributed by atoms with Gasteiger partial charge in [0.25, 0.3) is 0 Å². The average molecular weight is 653 g/mol. The predicted molar refractivity (Wildman–Crippen MR) is 179 cm³/mol. The number of rotatable bonds is 19. The van der Waals surface area contributed by atoms with Crippen molar-refractivity contribution >= 4 is 29.7 Å². The van der Waals surface area contributed by atoms with E-state index in [1.807, 2.05) is 74.5 Å². The van der Waals surface area contributed by atoms with Gasteiger partial charge in [0.15, 0.2) is 5.78 Å². The number of carbonyl (C=O) groups is 5. The number of hydrogen-bond acceptors (Lipinski definition) is 8. The van der Waals surface area contributed by atoms with Crippen molar-refractivity contribution in [3.8, 4) is 0 Å². The lowest BCUT2D eigenvalue weighted by Gasteiger charge is -2.24. The van der Waals surface area contributed by atoms with Gasteiger partial charge >= 0.3 is 18.0 Å². The van der Waals surface area contributed by atoms with Gasteiger partial charge in [0, 0.05) is 13.0 Å². The van der Waals surface area contributed by atoms with Crippen LogP contribution in [0.5, 0.6) is 0 Å².